The normalized spacial score (nSPS) is 11.5. The van der Waals surface area contributed by atoms with Gasteiger partial charge in [-0.05, 0) is 36.4 Å². The summed E-state index contributed by atoms with van der Waals surface area (Å²) >= 11 is 0. The molecule has 0 heterocycles. The summed E-state index contributed by atoms with van der Waals surface area (Å²) in [5.74, 6) is 0.531. The number of carbonyl (C=O) groups excluding carboxylic acids is 1. The van der Waals surface area contributed by atoms with Crippen LogP contribution in [0.5, 0.6) is 5.75 Å². The molecule has 0 fully saturated rings. The Hall–Kier alpha value is -2.53. The minimum absolute atomic E-state index is 0.115. The maximum Gasteiger partial charge on any atom is 0.221 e. The fraction of sp³-hybridized carbons (Fsp3) is 0.235. The van der Waals surface area contributed by atoms with E-state index in [2.05, 4.69) is 10.6 Å². The highest BCUT2D eigenvalue weighted by molar-refractivity contribution is 5.88. The molecule has 3 N–H and O–H groups in total. The Bertz CT molecular complexity index is 585. The highest BCUT2D eigenvalue weighted by Crippen LogP contribution is 2.16. The van der Waals surface area contributed by atoms with Gasteiger partial charge in [-0.2, -0.15) is 0 Å². The summed E-state index contributed by atoms with van der Waals surface area (Å²) in [7, 11) is 0. The maximum atomic E-state index is 10.9. The molecule has 0 saturated heterocycles. The average Bonchev–Trinajstić information content (AvgIpc) is 2.53. The molecule has 1 unspecified atom stereocenters. The maximum absolute atomic E-state index is 10.9. The Morgan fingerprint density at radius 1 is 1.09 bits per heavy atom. The van der Waals surface area contributed by atoms with Crippen molar-refractivity contribution in [1.29, 1.82) is 0 Å². The van der Waals surface area contributed by atoms with E-state index in [1.807, 2.05) is 30.3 Å². The lowest BCUT2D eigenvalue weighted by molar-refractivity contribution is -0.114. The predicted octanol–water partition coefficient (Wildman–Crippen LogP) is 2.50. The molecule has 0 aliphatic rings. The molecule has 5 nitrogen and oxygen atoms in total. The lowest BCUT2D eigenvalue weighted by Crippen LogP contribution is -2.26. The van der Waals surface area contributed by atoms with E-state index in [-0.39, 0.29) is 12.5 Å². The third-order valence-electron chi connectivity index (χ3n) is 2.93. The van der Waals surface area contributed by atoms with E-state index in [0.29, 0.717) is 18.0 Å². The fourth-order valence-corrected chi connectivity index (χ4v) is 1.88. The van der Waals surface area contributed by atoms with Crippen LogP contribution in [-0.4, -0.2) is 30.3 Å². The van der Waals surface area contributed by atoms with Crippen molar-refractivity contribution >= 4 is 17.3 Å². The SMILES string of the molecule is CC(=O)Nc1ccc(OCC(O)CNc2ccccc2)cc1. The molecule has 0 spiro atoms. The van der Waals surface area contributed by atoms with Crippen LogP contribution < -0.4 is 15.4 Å². The molecule has 0 bridgehead atoms. The third kappa shape index (κ3) is 5.46. The topological polar surface area (TPSA) is 70.6 Å². The highest BCUT2D eigenvalue weighted by atomic mass is 16.5. The van der Waals surface area contributed by atoms with Crippen molar-refractivity contribution in [2.24, 2.45) is 0 Å². The lowest BCUT2D eigenvalue weighted by atomic mass is 10.3. The first kappa shape index (κ1) is 15.9. The van der Waals surface area contributed by atoms with Crippen LogP contribution in [0.4, 0.5) is 11.4 Å². The second-order valence-corrected chi connectivity index (χ2v) is 4.92. The second kappa shape index (κ2) is 8.05. The number of ether oxygens (including phenoxy) is 1. The first-order chi connectivity index (χ1) is 10.6. The van der Waals surface area contributed by atoms with E-state index in [9.17, 15) is 9.90 Å². The molecule has 0 aliphatic heterocycles. The van der Waals surface area contributed by atoms with Crippen molar-refractivity contribution in [1.82, 2.24) is 0 Å². The van der Waals surface area contributed by atoms with Gasteiger partial charge in [0.1, 0.15) is 18.5 Å². The molecule has 1 atom stereocenters. The molecule has 2 aromatic carbocycles. The number of nitrogens with one attached hydrogen (secondary N) is 2. The minimum atomic E-state index is -0.616. The quantitative estimate of drug-likeness (QED) is 0.735. The first-order valence-corrected chi connectivity index (χ1v) is 7.11. The van der Waals surface area contributed by atoms with E-state index < -0.39 is 6.10 Å². The molecule has 0 radical (unpaired) electrons. The standard InChI is InChI=1S/C17H20N2O3/c1-13(20)19-15-7-9-17(10-8-15)22-12-16(21)11-18-14-5-3-2-4-6-14/h2-10,16,18,21H,11-12H2,1H3,(H,19,20). The van der Waals surface area contributed by atoms with E-state index in [4.69, 9.17) is 4.74 Å². The van der Waals surface area contributed by atoms with Crippen molar-refractivity contribution in [3.8, 4) is 5.75 Å². The van der Waals surface area contributed by atoms with Gasteiger partial charge in [0.15, 0.2) is 0 Å². The summed E-state index contributed by atoms with van der Waals surface area (Å²) in [5.41, 5.74) is 1.67. The molecule has 1 amide bonds. The van der Waals surface area contributed by atoms with Crippen molar-refractivity contribution in [2.45, 2.75) is 13.0 Å². The van der Waals surface area contributed by atoms with E-state index in [1.54, 1.807) is 24.3 Å². The van der Waals surface area contributed by atoms with Gasteiger partial charge in [-0.3, -0.25) is 4.79 Å². The minimum Gasteiger partial charge on any atom is -0.491 e. The van der Waals surface area contributed by atoms with Crippen molar-refractivity contribution in [2.75, 3.05) is 23.8 Å². The summed E-state index contributed by atoms with van der Waals surface area (Å²) in [6.07, 6.45) is -0.616. The Morgan fingerprint density at radius 3 is 2.41 bits per heavy atom. The van der Waals surface area contributed by atoms with Crippen LogP contribution in [0.2, 0.25) is 0 Å². The number of carbonyl (C=O) groups is 1. The van der Waals surface area contributed by atoms with Gasteiger partial charge in [0.05, 0.1) is 0 Å². The molecule has 5 heteroatoms. The van der Waals surface area contributed by atoms with Gasteiger partial charge >= 0.3 is 0 Å². The molecule has 116 valence electrons. The van der Waals surface area contributed by atoms with Crippen molar-refractivity contribution < 1.29 is 14.6 Å². The van der Waals surface area contributed by atoms with Crippen LogP contribution in [0.3, 0.4) is 0 Å². The van der Waals surface area contributed by atoms with Gasteiger partial charge in [-0.25, -0.2) is 0 Å². The van der Waals surface area contributed by atoms with Gasteiger partial charge < -0.3 is 20.5 Å². The molecule has 22 heavy (non-hydrogen) atoms. The largest absolute Gasteiger partial charge is 0.491 e. The summed E-state index contributed by atoms with van der Waals surface area (Å²) in [5, 5.41) is 15.7. The highest BCUT2D eigenvalue weighted by Gasteiger charge is 2.05. The van der Waals surface area contributed by atoms with Crippen molar-refractivity contribution in [3.63, 3.8) is 0 Å². The first-order valence-electron chi connectivity index (χ1n) is 7.11. The van der Waals surface area contributed by atoms with Gasteiger partial charge in [0.25, 0.3) is 0 Å². The number of aliphatic hydroxyl groups excluding tert-OH is 1. The molecule has 0 saturated carbocycles. The van der Waals surface area contributed by atoms with Gasteiger partial charge in [0, 0.05) is 24.8 Å². The van der Waals surface area contributed by atoms with E-state index in [0.717, 1.165) is 5.69 Å². The smallest absolute Gasteiger partial charge is 0.221 e. The van der Waals surface area contributed by atoms with Crippen LogP contribution in [0.1, 0.15) is 6.92 Å². The molecule has 2 rings (SSSR count). The fourth-order valence-electron chi connectivity index (χ4n) is 1.88. The molecular formula is C17H20N2O3. The average molecular weight is 300 g/mol. The summed E-state index contributed by atoms with van der Waals surface area (Å²) in [4.78, 5) is 10.9. The molecular weight excluding hydrogens is 280 g/mol. The Balaban J connectivity index is 1.73. The lowest BCUT2D eigenvalue weighted by Gasteiger charge is -2.14. The van der Waals surface area contributed by atoms with Gasteiger partial charge in [-0.15, -0.1) is 0 Å². The number of para-hydroxylation sites is 1. The van der Waals surface area contributed by atoms with Crippen LogP contribution >= 0.6 is 0 Å². The number of aliphatic hydroxyl groups is 1. The Morgan fingerprint density at radius 2 is 1.77 bits per heavy atom. The van der Waals surface area contributed by atoms with Crippen LogP contribution in [0.15, 0.2) is 54.6 Å². The van der Waals surface area contributed by atoms with Crippen molar-refractivity contribution in [3.05, 3.63) is 54.6 Å². The zero-order valence-electron chi connectivity index (χ0n) is 12.5. The number of rotatable bonds is 7. The molecule has 2 aromatic rings. The van der Waals surface area contributed by atoms with Gasteiger partial charge in [-0.1, -0.05) is 18.2 Å². The second-order valence-electron chi connectivity index (χ2n) is 4.92. The molecule has 0 aliphatic carbocycles. The summed E-state index contributed by atoms with van der Waals surface area (Å²) < 4.78 is 5.51. The Labute approximate surface area is 129 Å². The number of amides is 1. The zero-order chi connectivity index (χ0) is 15.8. The zero-order valence-corrected chi connectivity index (χ0v) is 12.5. The van der Waals surface area contributed by atoms with Crippen LogP contribution in [0, 0.1) is 0 Å². The number of hydrogen-bond acceptors (Lipinski definition) is 4. The van der Waals surface area contributed by atoms with E-state index in [1.165, 1.54) is 6.92 Å². The number of hydrogen-bond donors (Lipinski definition) is 3. The monoisotopic (exact) mass is 300 g/mol. The predicted molar refractivity (Wildman–Crippen MR) is 87.2 cm³/mol. The number of benzene rings is 2. The Kier molecular flexibility index (Phi) is 5.80. The van der Waals surface area contributed by atoms with Gasteiger partial charge in [0.2, 0.25) is 5.91 Å². The van der Waals surface area contributed by atoms with E-state index >= 15 is 0 Å². The molecule has 0 aromatic heterocycles. The van der Waals surface area contributed by atoms with Crippen LogP contribution in [0.25, 0.3) is 0 Å². The summed E-state index contributed by atoms with van der Waals surface area (Å²) in [6.45, 7) is 2.06. The number of anilines is 2. The van der Waals surface area contributed by atoms with Crippen LogP contribution in [-0.2, 0) is 4.79 Å². The summed E-state index contributed by atoms with van der Waals surface area (Å²) in [6, 6.07) is 16.7. The third-order valence-corrected chi connectivity index (χ3v) is 2.93.